The maximum absolute atomic E-state index is 13.0. The fourth-order valence-corrected chi connectivity index (χ4v) is 2.31. The van der Waals surface area contributed by atoms with Crippen molar-refractivity contribution < 1.29 is 9.50 Å². The largest absolute Gasteiger partial charge is 0.393 e. The monoisotopic (exact) mass is 291 g/mol. The number of benzene rings is 1. The minimum Gasteiger partial charge on any atom is -0.393 e. The van der Waals surface area contributed by atoms with Gasteiger partial charge in [-0.25, -0.2) is 9.07 Å². The van der Waals surface area contributed by atoms with Gasteiger partial charge < -0.3 is 10.4 Å². The van der Waals surface area contributed by atoms with Crippen molar-refractivity contribution in [2.24, 2.45) is 0 Å². The van der Waals surface area contributed by atoms with Crippen molar-refractivity contribution in [3.8, 4) is 5.69 Å². The predicted molar refractivity (Wildman–Crippen MR) is 81.0 cm³/mol. The van der Waals surface area contributed by atoms with Crippen molar-refractivity contribution in [3.05, 3.63) is 47.5 Å². The Morgan fingerprint density at radius 2 is 1.95 bits per heavy atom. The van der Waals surface area contributed by atoms with E-state index in [1.165, 1.54) is 12.1 Å². The zero-order chi connectivity index (χ0) is 15.4. The Morgan fingerprint density at radius 3 is 2.57 bits per heavy atom. The predicted octanol–water partition coefficient (Wildman–Crippen LogP) is 2.74. The average molecular weight is 291 g/mol. The van der Waals surface area contributed by atoms with Crippen molar-refractivity contribution in [1.82, 2.24) is 15.1 Å². The van der Waals surface area contributed by atoms with E-state index in [1.54, 1.807) is 19.1 Å². The molecule has 0 amide bonds. The number of aliphatic hydroxyl groups is 1. The molecule has 2 unspecified atom stereocenters. The summed E-state index contributed by atoms with van der Waals surface area (Å²) >= 11 is 0. The van der Waals surface area contributed by atoms with Gasteiger partial charge in [0.25, 0.3) is 0 Å². The number of nitrogens with one attached hydrogen (secondary N) is 1. The summed E-state index contributed by atoms with van der Waals surface area (Å²) in [4.78, 5) is 0. The van der Waals surface area contributed by atoms with Gasteiger partial charge in [-0.05, 0) is 58.0 Å². The van der Waals surface area contributed by atoms with Crippen LogP contribution in [-0.2, 0) is 0 Å². The lowest BCUT2D eigenvalue weighted by molar-refractivity contribution is 0.182. The van der Waals surface area contributed by atoms with Crippen LogP contribution in [0, 0.1) is 12.7 Å². The van der Waals surface area contributed by atoms with E-state index < -0.39 is 0 Å². The van der Waals surface area contributed by atoms with E-state index in [0.717, 1.165) is 29.9 Å². The van der Waals surface area contributed by atoms with E-state index in [-0.39, 0.29) is 18.0 Å². The van der Waals surface area contributed by atoms with E-state index in [9.17, 15) is 9.50 Å². The zero-order valence-electron chi connectivity index (χ0n) is 12.7. The number of hydrogen-bond donors (Lipinski definition) is 2. The molecule has 0 fully saturated rings. The number of aromatic nitrogens is 2. The van der Waals surface area contributed by atoms with Gasteiger partial charge in [0, 0.05) is 17.3 Å². The Hall–Kier alpha value is -1.72. The van der Waals surface area contributed by atoms with Crippen LogP contribution < -0.4 is 5.32 Å². The quantitative estimate of drug-likeness (QED) is 0.860. The number of nitrogens with zero attached hydrogens (tertiary/aromatic N) is 2. The Labute approximate surface area is 124 Å². The molecule has 5 heteroatoms. The summed E-state index contributed by atoms with van der Waals surface area (Å²) in [5.74, 6) is -0.253. The SMILES string of the molecule is Cc1c(C(C)NCCC(C)O)cnn1-c1ccc(F)cc1. The first-order valence-electron chi connectivity index (χ1n) is 7.21. The maximum Gasteiger partial charge on any atom is 0.123 e. The molecule has 0 aliphatic heterocycles. The molecule has 0 aliphatic carbocycles. The molecular formula is C16H22FN3O. The van der Waals surface area contributed by atoms with Crippen LogP contribution in [-0.4, -0.2) is 27.5 Å². The highest BCUT2D eigenvalue weighted by Crippen LogP contribution is 2.20. The Bertz CT molecular complexity index is 578. The molecule has 0 aliphatic rings. The third-order valence-corrected chi connectivity index (χ3v) is 3.60. The minimum absolute atomic E-state index is 0.151. The summed E-state index contributed by atoms with van der Waals surface area (Å²) in [6.07, 6.45) is 2.25. The highest BCUT2D eigenvalue weighted by atomic mass is 19.1. The van der Waals surface area contributed by atoms with Gasteiger partial charge >= 0.3 is 0 Å². The molecule has 0 saturated carbocycles. The second kappa shape index (κ2) is 6.83. The van der Waals surface area contributed by atoms with Crippen LogP contribution in [0.25, 0.3) is 5.69 Å². The summed E-state index contributed by atoms with van der Waals surface area (Å²) in [7, 11) is 0. The summed E-state index contributed by atoms with van der Waals surface area (Å²) in [6, 6.07) is 6.44. The Kier molecular flexibility index (Phi) is 5.09. The normalized spacial score (nSPS) is 14.1. The van der Waals surface area contributed by atoms with Crippen LogP contribution in [0.4, 0.5) is 4.39 Å². The first kappa shape index (κ1) is 15.7. The number of rotatable bonds is 6. The summed E-state index contributed by atoms with van der Waals surface area (Å²) in [6.45, 7) is 6.60. The van der Waals surface area contributed by atoms with Crippen LogP contribution in [0.2, 0.25) is 0 Å². The molecule has 4 nitrogen and oxygen atoms in total. The van der Waals surface area contributed by atoms with Crippen LogP contribution in [0.3, 0.4) is 0 Å². The fraction of sp³-hybridized carbons (Fsp3) is 0.438. The lowest BCUT2D eigenvalue weighted by Gasteiger charge is -2.14. The smallest absolute Gasteiger partial charge is 0.123 e. The van der Waals surface area contributed by atoms with Crippen molar-refractivity contribution in [3.63, 3.8) is 0 Å². The minimum atomic E-state index is -0.298. The lowest BCUT2D eigenvalue weighted by Crippen LogP contribution is -2.23. The molecule has 1 aromatic heterocycles. The second-order valence-corrected chi connectivity index (χ2v) is 5.39. The average Bonchev–Trinajstić information content (AvgIpc) is 2.81. The summed E-state index contributed by atoms with van der Waals surface area (Å²) < 4.78 is 14.8. The fourth-order valence-electron chi connectivity index (χ4n) is 2.31. The van der Waals surface area contributed by atoms with Crippen LogP contribution in [0.15, 0.2) is 30.5 Å². The molecule has 2 rings (SSSR count). The van der Waals surface area contributed by atoms with Gasteiger partial charge in [0.05, 0.1) is 18.0 Å². The second-order valence-electron chi connectivity index (χ2n) is 5.39. The summed E-state index contributed by atoms with van der Waals surface area (Å²) in [5, 5.41) is 17.0. The molecule has 0 bridgehead atoms. The molecule has 2 aromatic rings. The molecule has 1 heterocycles. The van der Waals surface area contributed by atoms with Gasteiger partial charge in [0.2, 0.25) is 0 Å². The maximum atomic E-state index is 13.0. The van der Waals surface area contributed by atoms with Gasteiger partial charge in [-0.3, -0.25) is 0 Å². The molecular weight excluding hydrogens is 269 g/mol. The molecule has 2 N–H and O–H groups in total. The van der Waals surface area contributed by atoms with Gasteiger partial charge in [0.1, 0.15) is 5.82 Å². The molecule has 114 valence electrons. The van der Waals surface area contributed by atoms with Crippen molar-refractivity contribution in [2.75, 3.05) is 6.54 Å². The highest BCUT2D eigenvalue weighted by Gasteiger charge is 2.14. The van der Waals surface area contributed by atoms with E-state index in [1.807, 2.05) is 17.8 Å². The van der Waals surface area contributed by atoms with Crippen molar-refractivity contribution >= 4 is 0 Å². The van der Waals surface area contributed by atoms with Crippen LogP contribution in [0.5, 0.6) is 0 Å². The first-order valence-corrected chi connectivity index (χ1v) is 7.21. The van der Waals surface area contributed by atoms with Crippen LogP contribution >= 0.6 is 0 Å². The number of hydrogen-bond acceptors (Lipinski definition) is 3. The standard InChI is InChI=1S/C16H22FN3O/c1-11(21)8-9-18-12(2)16-10-19-20(13(16)3)15-6-4-14(17)5-7-15/h4-7,10-12,18,21H,8-9H2,1-3H3. The van der Waals surface area contributed by atoms with Gasteiger partial charge in [-0.15, -0.1) is 0 Å². The molecule has 1 aromatic carbocycles. The third-order valence-electron chi connectivity index (χ3n) is 3.60. The van der Waals surface area contributed by atoms with Gasteiger partial charge in [0.15, 0.2) is 0 Å². The Balaban J connectivity index is 2.11. The van der Waals surface area contributed by atoms with Crippen molar-refractivity contribution in [2.45, 2.75) is 39.3 Å². The number of aliphatic hydroxyl groups excluding tert-OH is 1. The van der Waals surface area contributed by atoms with E-state index >= 15 is 0 Å². The molecule has 0 radical (unpaired) electrons. The van der Waals surface area contributed by atoms with E-state index in [4.69, 9.17) is 0 Å². The van der Waals surface area contributed by atoms with Crippen molar-refractivity contribution in [1.29, 1.82) is 0 Å². The highest BCUT2D eigenvalue weighted by molar-refractivity contribution is 5.35. The molecule has 0 spiro atoms. The molecule has 2 atom stereocenters. The van der Waals surface area contributed by atoms with Gasteiger partial charge in [-0.2, -0.15) is 5.10 Å². The third kappa shape index (κ3) is 3.89. The summed E-state index contributed by atoms with van der Waals surface area (Å²) in [5.41, 5.74) is 2.97. The van der Waals surface area contributed by atoms with Gasteiger partial charge in [-0.1, -0.05) is 0 Å². The zero-order valence-corrected chi connectivity index (χ0v) is 12.7. The molecule has 0 saturated heterocycles. The number of halogens is 1. The topological polar surface area (TPSA) is 50.1 Å². The van der Waals surface area contributed by atoms with Crippen LogP contribution in [0.1, 0.15) is 37.6 Å². The van der Waals surface area contributed by atoms with E-state index in [2.05, 4.69) is 17.3 Å². The lowest BCUT2D eigenvalue weighted by atomic mass is 10.1. The molecule has 21 heavy (non-hydrogen) atoms. The Morgan fingerprint density at radius 1 is 1.29 bits per heavy atom. The first-order chi connectivity index (χ1) is 9.99. The van der Waals surface area contributed by atoms with E-state index in [0.29, 0.717) is 0 Å².